The third-order valence-corrected chi connectivity index (χ3v) is 4.15. The number of hydrogen-bond acceptors (Lipinski definition) is 3. The van der Waals surface area contributed by atoms with Gasteiger partial charge in [-0.2, -0.15) is 0 Å². The van der Waals surface area contributed by atoms with Crippen LogP contribution in [0.1, 0.15) is 0 Å². The van der Waals surface area contributed by atoms with Gasteiger partial charge in [-0.05, 0) is 18.2 Å². The number of aryl methyl sites for hydroxylation is 2. The fourth-order valence-electron chi connectivity index (χ4n) is 1.93. The zero-order chi connectivity index (χ0) is 13.2. The van der Waals surface area contributed by atoms with E-state index in [4.69, 9.17) is 0 Å². The summed E-state index contributed by atoms with van der Waals surface area (Å²) < 4.78 is 5.33. The van der Waals surface area contributed by atoms with E-state index in [1.807, 2.05) is 55.2 Å². The Morgan fingerprint density at radius 2 is 1.95 bits per heavy atom. The number of nitrogens with one attached hydrogen (secondary N) is 1. The topological polar surface area (TPSA) is 33.2 Å². The van der Waals surface area contributed by atoms with Crippen molar-refractivity contribution in [2.75, 3.05) is 5.43 Å². The molecule has 0 saturated heterocycles. The number of benzene rings is 1. The number of anilines is 1. The Labute approximate surface area is 115 Å². The van der Waals surface area contributed by atoms with Crippen LogP contribution in [-0.4, -0.2) is 4.57 Å². The highest BCUT2D eigenvalue weighted by Crippen LogP contribution is 2.15. The summed E-state index contributed by atoms with van der Waals surface area (Å²) in [5.41, 5.74) is 4.31. The molecule has 4 nitrogen and oxygen atoms in total. The Hall–Kier alpha value is -2.14. The van der Waals surface area contributed by atoms with E-state index in [-0.39, 0.29) is 0 Å². The predicted octanol–water partition coefficient (Wildman–Crippen LogP) is 1.99. The fraction of sp³-hybridized carbons (Fsp3) is 0.143. The SMILES string of the molecule is Cn1/c(=N\Nc2cccc[n+]2C)sc2ccccc21. The van der Waals surface area contributed by atoms with E-state index in [1.165, 1.54) is 10.2 Å². The van der Waals surface area contributed by atoms with Crippen LogP contribution in [0.4, 0.5) is 5.82 Å². The van der Waals surface area contributed by atoms with Crippen LogP contribution in [0.25, 0.3) is 10.2 Å². The summed E-state index contributed by atoms with van der Waals surface area (Å²) in [4.78, 5) is 0.949. The lowest BCUT2D eigenvalue weighted by Crippen LogP contribution is -2.31. The van der Waals surface area contributed by atoms with Gasteiger partial charge in [-0.1, -0.05) is 34.6 Å². The van der Waals surface area contributed by atoms with Crippen LogP contribution < -0.4 is 14.8 Å². The average molecular weight is 271 g/mol. The van der Waals surface area contributed by atoms with Crippen molar-refractivity contribution in [1.82, 2.24) is 4.57 Å². The molecule has 96 valence electrons. The minimum absolute atomic E-state index is 0.949. The average Bonchev–Trinajstić information content (AvgIpc) is 2.75. The zero-order valence-corrected chi connectivity index (χ0v) is 11.7. The molecule has 0 amide bonds. The van der Waals surface area contributed by atoms with Gasteiger partial charge in [0, 0.05) is 13.1 Å². The normalized spacial score (nSPS) is 12.0. The second kappa shape index (κ2) is 4.85. The standard InChI is InChI=1S/C14H14N4S/c1-17-10-6-5-9-13(17)15-16-14-18(2)11-7-3-4-8-12(11)19-14/h3-10H,1-2H3/p+1/b16-14+. The largest absolute Gasteiger partial charge is 0.317 e. The zero-order valence-electron chi connectivity index (χ0n) is 10.9. The van der Waals surface area contributed by atoms with Crippen molar-refractivity contribution in [1.29, 1.82) is 0 Å². The summed E-state index contributed by atoms with van der Waals surface area (Å²) in [5, 5.41) is 4.48. The molecule has 0 saturated carbocycles. The second-order valence-electron chi connectivity index (χ2n) is 4.33. The van der Waals surface area contributed by atoms with Gasteiger partial charge in [0.15, 0.2) is 0 Å². The first kappa shape index (κ1) is 11.9. The molecule has 1 aromatic carbocycles. The Morgan fingerprint density at radius 1 is 1.16 bits per heavy atom. The van der Waals surface area contributed by atoms with E-state index in [0.717, 1.165) is 10.6 Å². The van der Waals surface area contributed by atoms with Crippen LogP contribution in [0.2, 0.25) is 0 Å². The third kappa shape index (κ3) is 2.24. The molecular weight excluding hydrogens is 256 g/mol. The lowest BCUT2D eigenvalue weighted by Gasteiger charge is -1.96. The molecule has 0 bridgehead atoms. The molecular formula is C14H15N4S+. The van der Waals surface area contributed by atoms with Crippen molar-refractivity contribution in [3.8, 4) is 0 Å². The highest BCUT2D eigenvalue weighted by atomic mass is 32.1. The van der Waals surface area contributed by atoms with E-state index >= 15 is 0 Å². The molecule has 3 aromatic rings. The number of hydrogen-bond donors (Lipinski definition) is 1. The molecule has 0 radical (unpaired) electrons. The first-order chi connectivity index (χ1) is 9.25. The first-order valence-electron chi connectivity index (χ1n) is 6.04. The number of para-hydroxylation sites is 1. The molecule has 0 aliphatic carbocycles. The summed E-state index contributed by atoms with van der Waals surface area (Å²) in [6.07, 6.45) is 1.99. The van der Waals surface area contributed by atoms with Crippen LogP contribution >= 0.6 is 11.3 Å². The molecule has 19 heavy (non-hydrogen) atoms. The molecule has 0 aliphatic heterocycles. The maximum absolute atomic E-state index is 4.48. The van der Waals surface area contributed by atoms with E-state index in [0.29, 0.717) is 0 Å². The first-order valence-corrected chi connectivity index (χ1v) is 6.86. The molecule has 1 N–H and O–H groups in total. The van der Waals surface area contributed by atoms with Gasteiger partial charge < -0.3 is 4.57 Å². The number of thiazole rings is 1. The van der Waals surface area contributed by atoms with E-state index in [1.54, 1.807) is 11.3 Å². The van der Waals surface area contributed by atoms with Gasteiger partial charge in [0.05, 0.1) is 23.5 Å². The van der Waals surface area contributed by atoms with Gasteiger partial charge >= 0.3 is 0 Å². The predicted molar refractivity (Wildman–Crippen MR) is 77.6 cm³/mol. The van der Waals surface area contributed by atoms with Crippen LogP contribution in [0.3, 0.4) is 0 Å². The maximum Gasteiger partial charge on any atom is 0.299 e. The summed E-state index contributed by atoms with van der Waals surface area (Å²) >= 11 is 1.67. The van der Waals surface area contributed by atoms with Crippen LogP contribution in [0.5, 0.6) is 0 Å². The molecule has 3 rings (SSSR count). The highest BCUT2D eigenvalue weighted by Gasteiger charge is 2.04. The van der Waals surface area contributed by atoms with Crippen molar-refractivity contribution >= 4 is 27.4 Å². The number of aromatic nitrogens is 2. The van der Waals surface area contributed by atoms with Crippen LogP contribution in [-0.2, 0) is 14.1 Å². The maximum atomic E-state index is 4.48. The molecule has 0 spiro atoms. The lowest BCUT2D eigenvalue weighted by atomic mass is 10.3. The number of fused-ring (bicyclic) bond motifs is 1. The third-order valence-electron chi connectivity index (χ3n) is 3.04. The van der Waals surface area contributed by atoms with Crippen molar-refractivity contribution in [2.24, 2.45) is 19.2 Å². The Morgan fingerprint density at radius 3 is 2.74 bits per heavy atom. The van der Waals surface area contributed by atoms with Gasteiger partial charge in [-0.25, -0.2) is 4.57 Å². The Kier molecular flexibility index (Phi) is 3.05. The summed E-state index contributed by atoms with van der Waals surface area (Å²) in [6, 6.07) is 14.3. The monoisotopic (exact) mass is 271 g/mol. The van der Waals surface area contributed by atoms with Gasteiger partial charge in [0.1, 0.15) is 0 Å². The molecule has 0 unspecified atom stereocenters. The number of rotatable bonds is 2. The van der Waals surface area contributed by atoms with Crippen LogP contribution in [0.15, 0.2) is 53.8 Å². The number of pyridine rings is 1. The van der Waals surface area contributed by atoms with Crippen LogP contribution in [0, 0.1) is 0 Å². The highest BCUT2D eigenvalue weighted by molar-refractivity contribution is 7.16. The Bertz CT molecular complexity index is 785. The van der Waals surface area contributed by atoms with Gasteiger partial charge in [0.2, 0.25) is 4.80 Å². The summed E-state index contributed by atoms with van der Waals surface area (Å²) in [6.45, 7) is 0. The van der Waals surface area contributed by atoms with Gasteiger partial charge in [-0.3, -0.25) is 0 Å². The van der Waals surface area contributed by atoms with E-state index < -0.39 is 0 Å². The Balaban J connectivity index is 2.03. The minimum atomic E-state index is 0.949. The summed E-state index contributed by atoms with van der Waals surface area (Å²) in [5.74, 6) is 0.958. The van der Waals surface area contributed by atoms with Crippen molar-refractivity contribution in [3.63, 3.8) is 0 Å². The molecule has 0 fully saturated rings. The molecule has 2 aromatic heterocycles. The minimum Gasteiger partial charge on any atom is -0.317 e. The van der Waals surface area contributed by atoms with E-state index in [9.17, 15) is 0 Å². The lowest BCUT2D eigenvalue weighted by molar-refractivity contribution is -0.657. The molecule has 0 atom stereocenters. The van der Waals surface area contributed by atoms with Gasteiger partial charge in [-0.15, -0.1) is 5.43 Å². The van der Waals surface area contributed by atoms with Crippen molar-refractivity contribution in [2.45, 2.75) is 0 Å². The van der Waals surface area contributed by atoms with Gasteiger partial charge in [0.25, 0.3) is 5.82 Å². The molecule has 0 aliphatic rings. The smallest absolute Gasteiger partial charge is 0.299 e. The quantitative estimate of drug-likeness (QED) is 0.561. The summed E-state index contributed by atoms with van der Waals surface area (Å²) in [7, 11) is 4.02. The van der Waals surface area contributed by atoms with E-state index in [2.05, 4.69) is 27.2 Å². The molecule has 2 heterocycles. The van der Waals surface area contributed by atoms with Crippen molar-refractivity contribution in [3.05, 3.63) is 53.5 Å². The second-order valence-corrected chi connectivity index (χ2v) is 5.34. The van der Waals surface area contributed by atoms with Crippen molar-refractivity contribution < 1.29 is 4.57 Å². The fourth-order valence-corrected chi connectivity index (χ4v) is 2.91. The molecule has 5 heteroatoms. The number of nitrogens with zero attached hydrogens (tertiary/aromatic N) is 3.